The highest BCUT2D eigenvalue weighted by Gasteiger charge is 2.08. The molecule has 0 amide bonds. The van der Waals surface area contributed by atoms with Crippen LogP contribution in [-0.4, -0.2) is 22.8 Å². The molecule has 2 aromatic rings. The van der Waals surface area contributed by atoms with E-state index in [4.69, 9.17) is 4.42 Å². The molecule has 2 aromatic heterocycles. The smallest absolute Gasteiger partial charge is 0.190 e. The molecule has 0 aromatic carbocycles. The number of furan rings is 1. The molecule has 0 radical (unpaired) electrons. The summed E-state index contributed by atoms with van der Waals surface area (Å²) in [7, 11) is 0. The Morgan fingerprint density at radius 3 is 2.83 bits per heavy atom. The minimum absolute atomic E-state index is 0.775. The largest absolute Gasteiger partial charge is 0.468 e. The van der Waals surface area contributed by atoms with E-state index in [1.165, 1.54) is 0 Å². The number of aryl methyl sites for hydroxylation is 1. The van der Waals surface area contributed by atoms with Gasteiger partial charge in [-0.05, 0) is 26.2 Å². The predicted octanol–water partition coefficient (Wildman–Crippen LogP) is 3.68. The van der Waals surface area contributed by atoms with Gasteiger partial charge in [-0.3, -0.25) is 0 Å². The van der Waals surface area contributed by atoms with Crippen molar-refractivity contribution in [3.05, 3.63) is 24.2 Å². The molecule has 2 heterocycles. The summed E-state index contributed by atoms with van der Waals surface area (Å²) < 4.78 is 5.29. The maximum atomic E-state index is 5.29. The zero-order valence-corrected chi connectivity index (χ0v) is 12.2. The second-order valence-electron chi connectivity index (χ2n) is 3.55. The van der Waals surface area contributed by atoms with Crippen LogP contribution < -0.4 is 5.32 Å². The number of hydrogen-bond donors (Lipinski definition) is 1. The van der Waals surface area contributed by atoms with Crippen LogP contribution in [-0.2, 0) is 0 Å². The van der Waals surface area contributed by atoms with Gasteiger partial charge < -0.3 is 9.73 Å². The third-order valence-electron chi connectivity index (χ3n) is 2.25. The molecule has 0 unspecified atom stereocenters. The second-order valence-corrected chi connectivity index (χ2v) is 5.39. The number of nitrogens with one attached hydrogen (secondary N) is 1. The van der Waals surface area contributed by atoms with Crippen LogP contribution >= 0.6 is 23.5 Å². The first kappa shape index (κ1) is 13.3. The Morgan fingerprint density at radius 1 is 1.39 bits per heavy atom. The molecule has 4 nitrogen and oxygen atoms in total. The van der Waals surface area contributed by atoms with E-state index in [-0.39, 0.29) is 0 Å². The maximum absolute atomic E-state index is 5.29. The summed E-state index contributed by atoms with van der Waals surface area (Å²) >= 11 is 3.13. The fourth-order valence-corrected chi connectivity index (χ4v) is 2.69. The highest BCUT2D eigenvalue weighted by atomic mass is 32.2. The van der Waals surface area contributed by atoms with Gasteiger partial charge in [0.2, 0.25) is 0 Å². The molecule has 96 valence electrons. The first-order valence-electron chi connectivity index (χ1n) is 5.61. The summed E-state index contributed by atoms with van der Waals surface area (Å²) in [5, 5.41) is 4.92. The summed E-state index contributed by atoms with van der Waals surface area (Å²) in [5.74, 6) is 1.77. The molecule has 1 N–H and O–H groups in total. The molecule has 0 aliphatic rings. The molecule has 0 fully saturated rings. The van der Waals surface area contributed by atoms with Crippen molar-refractivity contribution in [1.29, 1.82) is 0 Å². The standard InChI is InChI=1S/C12H15N3OS2/c1-4-13-10-7-11(15-12(14-10)17-3)18-9-5-6-16-8(9)2/h5-7H,4H2,1-3H3,(H,13,14,15). The molecule has 0 atom stereocenters. The van der Waals surface area contributed by atoms with Crippen LogP contribution in [0, 0.1) is 6.92 Å². The van der Waals surface area contributed by atoms with E-state index in [2.05, 4.69) is 15.3 Å². The molecular weight excluding hydrogens is 266 g/mol. The third kappa shape index (κ3) is 3.20. The zero-order valence-electron chi connectivity index (χ0n) is 10.6. The van der Waals surface area contributed by atoms with Crippen LogP contribution in [0.2, 0.25) is 0 Å². The highest BCUT2D eigenvalue weighted by Crippen LogP contribution is 2.31. The number of thioether (sulfide) groups is 1. The molecule has 0 saturated carbocycles. The Morgan fingerprint density at radius 2 is 2.22 bits per heavy atom. The SMILES string of the molecule is CCNc1cc(Sc2ccoc2C)nc(SC)n1. The topological polar surface area (TPSA) is 51.0 Å². The first-order chi connectivity index (χ1) is 8.72. The van der Waals surface area contributed by atoms with Gasteiger partial charge in [0.15, 0.2) is 5.16 Å². The van der Waals surface area contributed by atoms with Crippen molar-refractivity contribution in [2.75, 3.05) is 18.1 Å². The van der Waals surface area contributed by atoms with Crippen LogP contribution in [0.3, 0.4) is 0 Å². The van der Waals surface area contributed by atoms with Crippen molar-refractivity contribution in [1.82, 2.24) is 9.97 Å². The van der Waals surface area contributed by atoms with E-state index < -0.39 is 0 Å². The summed E-state index contributed by atoms with van der Waals surface area (Å²) in [6.45, 7) is 4.85. The molecule has 0 bridgehead atoms. The number of rotatable bonds is 5. The van der Waals surface area contributed by atoms with Gasteiger partial charge in [-0.25, -0.2) is 9.97 Å². The minimum atomic E-state index is 0.775. The van der Waals surface area contributed by atoms with Crippen molar-refractivity contribution >= 4 is 29.3 Å². The van der Waals surface area contributed by atoms with Gasteiger partial charge in [0.25, 0.3) is 0 Å². The van der Waals surface area contributed by atoms with Gasteiger partial charge in [-0.2, -0.15) is 0 Å². The lowest BCUT2D eigenvalue weighted by Gasteiger charge is -2.06. The molecule has 0 saturated heterocycles. The lowest BCUT2D eigenvalue weighted by atomic mass is 10.5. The molecule has 18 heavy (non-hydrogen) atoms. The zero-order chi connectivity index (χ0) is 13.0. The second kappa shape index (κ2) is 6.15. The van der Waals surface area contributed by atoms with E-state index >= 15 is 0 Å². The van der Waals surface area contributed by atoms with Crippen molar-refractivity contribution in [3.8, 4) is 0 Å². The van der Waals surface area contributed by atoms with Gasteiger partial charge in [-0.1, -0.05) is 23.5 Å². The van der Waals surface area contributed by atoms with E-state index in [0.717, 1.165) is 33.2 Å². The predicted molar refractivity (Wildman–Crippen MR) is 75.5 cm³/mol. The number of nitrogens with zero attached hydrogens (tertiary/aromatic N) is 2. The van der Waals surface area contributed by atoms with Crippen LogP contribution in [0.5, 0.6) is 0 Å². The van der Waals surface area contributed by atoms with Crippen LogP contribution in [0.25, 0.3) is 0 Å². The molecule has 0 aliphatic heterocycles. The normalized spacial score (nSPS) is 10.6. The van der Waals surface area contributed by atoms with E-state index in [1.807, 2.05) is 32.2 Å². The van der Waals surface area contributed by atoms with Gasteiger partial charge in [0, 0.05) is 12.6 Å². The molecule has 0 spiro atoms. The molecular formula is C12H15N3OS2. The number of hydrogen-bond acceptors (Lipinski definition) is 6. The van der Waals surface area contributed by atoms with Crippen LogP contribution in [0.1, 0.15) is 12.7 Å². The van der Waals surface area contributed by atoms with E-state index in [9.17, 15) is 0 Å². The fraction of sp³-hybridized carbons (Fsp3) is 0.333. The average molecular weight is 281 g/mol. The summed E-state index contributed by atoms with van der Waals surface area (Å²) in [5.41, 5.74) is 0. The molecule has 2 rings (SSSR count). The summed E-state index contributed by atoms with van der Waals surface area (Å²) in [6.07, 6.45) is 3.67. The Balaban J connectivity index is 2.26. The van der Waals surface area contributed by atoms with Gasteiger partial charge >= 0.3 is 0 Å². The molecule has 0 aliphatic carbocycles. The van der Waals surface area contributed by atoms with Gasteiger partial charge in [0.1, 0.15) is 16.6 Å². The highest BCUT2D eigenvalue weighted by molar-refractivity contribution is 7.99. The Labute approximate surface area is 115 Å². The van der Waals surface area contributed by atoms with Gasteiger partial charge in [0.05, 0.1) is 11.2 Å². The quantitative estimate of drug-likeness (QED) is 0.512. The lowest BCUT2D eigenvalue weighted by Crippen LogP contribution is -2.01. The van der Waals surface area contributed by atoms with Crippen LogP contribution in [0.4, 0.5) is 5.82 Å². The van der Waals surface area contributed by atoms with E-state index in [1.54, 1.807) is 29.8 Å². The third-order valence-corrected chi connectivity index (χ3v) is 3.86. The summed E-state index contributed by atoms with van der Waals surface area (Å²) in [4.78, 5) is 9.97. The van der Waals surface area contributed by atoms with Crippen molar-refractivity contribution in [3.63, 3.8) is 0 Å². The number of anilines is 1. The van der Waals surface area contributed by atoms with E-state index in [0.29, 0.717) is 0 Å². The molecule has 6 heteroatoms. The van der Waals surface area contributed by atoms with Crippen molar-refractivity contribution in [2.24, 2.45) is 0 Å². The Kier molecular flexibility index (Phi) is 4.54. The van der Waals surface area contributed by atoms with Gasteiger partial charge in [-0.15, -0.1) is 0 Å². The minimum Gasteiger partial charge on any atom is -0.468 e. The summed E-state index contributed by atoms with van der Waals surface area (Å²) in [6, 6.07) is 3.91. The number of aromatic nitrogens is 2. The monoisotopic (exact) mass is 281 g/mol. The average Bonchev–Trinajstić information content (AvgIpc) is 2.75. The Bertz CT molecular complexity index is 528. The van der Waals surface area contributed by atoms with Crippen molar-refractivity contribution < 1.29 is 4.42 Å². The first-order valence-corrected chi connectivity index (χ1v) is 7.66. The van der Waals surface area contributed by atoms with Crippen molar-refractivity contribution in [2.45, 2.75) is 28.9 Å². The van der Waals surface area contributed by atoms with Crippen LogP contribution in [0.15, 0.2) is 37.9 Å². The maximum Gasteiger partial charge on any atom is 0.190 e. The Hall–Kier alpha value is -1.14. The lowest BCUT2D eigenvalue weighted by molar-refractivity contribution is 0.527. The fourth-order valence-electron chi connectivity index (χ4n) is 1.41.